The van der Waals surface area contributed by atoms with E-state index >= 15 is 0 Å². The summed E-state index contributed by atoms with van der Waals surface area (Å²) in [6.07, 6.45) is 2.72. The Labute approximate surface area is 71.9 Å². The Morgan fingerprint density at radius 1 is 1.58 bits per heavy atom. The van der Waals surface area contributed by atoms with Gasteiger partial charge >= 0.3 is 0 Å². The van der Waals surface area contributed by atoms with Gasteiger partial charge in [0.2, 0.25) is 0 Å². The van der Waals surface area contributed by atoms with E-state index in [9.17, 15) is 0 Å². The minimum Gasteiger partial charge on any atom is -0.487 e. The Morgan fingerprint density at radius 3 is 3.25 bits per heavy atom. The second kappa shape index (κ2) is 2.63. The first kappa shape index (κ1) is 7.35. The van der Waals surface area contributed by atoms with Gasteiger partial charge in [-0.3, -0.25) is 4.98 Å². The minimum absolute atomic E-state index is 0.637. The van der Waals surface area contributed by atoms with Gasteiger partial charge in [-0.2, -0.15) is 0 Å². The molecule has 62 valence electrons. The number of hydrogen-bond acceptors (Lipinski definition) is 2. The maximum absolute atomic E-state index is 5.45. The number of hydrogen-bond donors (Lipinski definition) is 0. The summed E-state index contributed by atoms with van der Waals surface area (Å²) in [5.74, 6) is 0.919. The molecule has 0 amide bonds. The molecule has 0 unspecified atom stereocenters. The predicted molar refractivity (Wildman–Crippen MR) is 47.3 cm³/mol. The fourth-order valence-corrected chi connectivity index (χ4v) is 1.30. The lowest BCUT2D eigenvalue weighted by molar-refractivity contribution is 0.329. The standard InChI is InChI=1S/C10H11NO/c1-7-4-10-9(11-5-7)3-8(2)6-12-10/h4-5H,2-3,6H2,1H3. The summed E-state index contributed by atoms with van der Waals surface area (Å²) in [6.45, 7) is 6.52. The van der Waals surface area contributed by atoms with E-state index in [-0.39, 0.29) is 0 Å². The third kappa shape index (κ3) is 1.20. The van der Waals surface area contributed by atoms with Gasteiger partial charge in [0.25, 0.3) is 0 Å². The van der Waals surface area contributed by atoms with E-state index in [0.29, 0.717) is 6.61 Å². The van der Waals surface area contributed by atoms with Gasteiger partial charge < -0.3 is 4.74 Å². The van der Waals surface area contributed by atoms with Crippen LogP contribution in [0.2, 0.25) is 0 Å². The molecule has 0 saturated heterocycles. The monoisotopic (exact) mass is 161 g/mol. The number of ether oxygens (including phenoxy) is 1. The number of pyridine rings is 1. The molecule has 0 spiro atoms. The van der Waals surface area contributed by atoms with E-state index in [4.69, 9.17) is 4.74 Å². The van der Waals surface area contributed by atoms with Gasteiger partial charge in [-0.25, -0.2) is 0 Å². The van der Waals surface area contributed by atoms with Gasteiger partial charge in [-0.05, 0) is 24.1 Å². The molecule has 2 rings (SSSR count). The molecule has 1 aromatic rings. The fraction of sp³-hybridized carbons (Fsp3) is 0.300. The quantitative estimate of drug-likeness (QED) is 0.542. The molecule has 0 saturated carbocycles. The largest absolute Gasteiger partial charge is 0.487 e. The summed E-state index contributed by atoms with van der Waals surface area (Å²) in [4.78, 5) is 4.28. The molecule has 2 heteroatoms. The predicted octanol–water partition coefficient (Wildman–Crippen LogP) is 1.88. The molecular weight excluding hydrogens is 150 g/mol. The van der Waals surface area contributed by atoms with Crippen LogP contribution in [0.4, 0.5) is 0 Å². The van der Waals surface area contributed by atoms with Crippen LogP contribution >= 0.6 is 0 Å². The summed E-state index contributed by atoms with van der Waals surface area (Å²) >= 11 is 0. The zero-order chi connectivity index (χ0) is 8.55. The van der Waals surface area contributed by atoms with Crippen molar-refractivity contribution >= 4 is 0 Å². The van der Waals surface area contributed by atoms with E-state index in [1.54, 1.807) is 0 Å². The summed E-state index contributed by atoms with van der Waals surface area (Å²) in [5, 5.41) is 0. The average molecular weight is 161 g/mol. The number of rotatable bonds is 0. The molecule has 0 fully saturated rings. The zero-order valence-corrected chi connectivity index (χ0v) is 7.13. The van der Waals surface area contributed by atoms with Gasteiger partial charge in [-0.1, -0.05) is 6.58 Å². The summed E-state index contributed by atoms with van der Waals surface area (Å²) in [6, 6.07) is 2.02. The van der Waals surface area contributed by atoms with Crippen LogP contribution in [0.25, 0.3) is 0 Å². The highest BCUT2D eigenvalue weighted by Gasteiger charge is 2.13. The van der Waals surface area contributed by atoms with E-state index in [0.717, 1.165) is 29.0 Å². The molecule has 0 radical (unpaired) electrons. The van der Waals surface area contributed by atoms with Crippen LogP contribution in [0.5, 0.6) is 5.75 Å². The number of nitrogens with zero attached hydrogens (tertiary/aromatic N) is 1. The van der Waals surface area contributed by atoms with Gasteiger partial charge in [0.15, 0.2) is 0 Å². The molecule has 0 bridgehead atoms. The fourth-order valence-electron chi connectivity index (χ4n) is 1.30. The molecule has 1 aromatic heterocycles. The van der Waals surface area contributed by atoms with Crippen molar-refractivity contribution in [2.75, 3.05) is 6.61 Å². The van der Waals surface area contributed by atoms with Crippen molar-refractivity contribution in [1.29, 1.82) is 0 Å². The highest BCUT2D eigenvalue weighted by atomic mass is 16.5. The first-order valence-corrected chi connectivity index (χ1v) is 4.00. The third-order valence-electron chi connectivity index (χ3n) is 1.92. The Balaban J connectivity index is 2.43. The van der Waals surface area contributed by atoms with E-state index in [1.165, 1.54) is 0 Å². The Hall–Kier alpha value is -1.31. The Morgan fingerprint density at radius 2 is 2.42 bits per heavy atom. The highest BCUT2D eigenvalue weighted by Crippen LogP contribution is 2.24. The molecule has 1 aliphatic heterocycles. The first-order valence-electron chi connectivity index (χ1n) is 4.00. The summed E-state index contributed by atoms with van der Waals surface area (Å²) < 4.78 is 5.45. The molecule has 2 heterocycles. The lowest BCUT2D eigenvalue weighted by atomic mass is 10.1. The van der Waals surface area contributed by atoms with Crippen LogP contribution in [0, 0.1) is 6.92 Å². The van der Waals surface area contributed by atoms with Crippen LogP contribution in [-0.2, 0) is 6.42 Å². The van der Waals surface area contributed by atoms with Crippen LogP contribution in [0.15, 0.2) is 24.4 Å². The molecule has 0 atom stereocenters. The molecule has 12 heavy (non-hydrogen) atoms. The van der Waals surface area contributed by atoms with Gasteiger partial charge in [-0.15, -0.1) is 0 Å². The zero-order valence-electron chi connectivity index (χ0n) is 7.13. The maximum Gasteiger partial charge on any atom is 0.141 e. The van der Waals surface area contributed by atoms with E-state index < -0.39 is 0 Å². The Kier molecular flexibility index (Phi) is 1.61. The summed E-state index contributed by atoms with van der Waals surface area (Å²) in [7, 11) is 0. The normalized spacial score (nSPS) is 15.2. The van der Waals surface area contributed by atoms with Crippen molar-refractivity contribution < 1.29 is 4.74 Å². The Bertz CT molecular complexity index is 331. The second-order valence-corrected chi connectivity index (χ2v) is 3.17. The second-order valence-electron chi connectivity index (χ2n) is 3.17. The molecule has 2 nitrogen and oxygen atoms in total. The van der Waals surface area contributed by atoms with Crippen molar-refractivity contribution in [3.8, 4) is 5.75 Å². The SMILES string of the molecule is C=C1COc2cc(C)cnc2C1. The molecule has 0 aromatic carbocycles. The first-order chi connectivity index (χ1) is 5.75. The average Bonchev–Trinajstić information content (AvgIpc) is 2.05. The van der Waals surface area contributed by atoms with E-state index in [1.807, 2.05) is 19.2 Å². The lowest BCUT2D eigenvalue weighted by Crippen LogP contribution is -2.12. The van der Waals surface area contributed by atoms with Crippen molar-refractivity contribution in [2.45, 2.75) is 13.3 Å². The lowest BCUT2D eigenvalue weighted by Gasteiger charge is -2.18. The smallest absolute Gasteiger partial charge is 0.141 e. The molecule has 0 N–H and O–H groups in total. The van der Waals surface area contributed by atoms with Crippen molar-refractivity contribution in [2.24, 2.45) is 0 Å². The van der Waals surface area contributed by atoms with Crippen molar-refractivity contribution in [3.05, 3.63) is 35.7 Å². The number of fused-ring (bicyclic) bond motifs is 1. The highest BCUT2D eigenvalue weighted by molar-refractivity contribution is 5.36. The third-order valence-corrected chi connectivity index (χ3v) is 1.92. The number of aromatic nitrogens is 1. The van der Waals surface area contributed by atoms with Crippen LogP contribution < -0.4 is 4.74 Å². The van der Waals surface area contributed by atoms with Crippen LogP contribution in [-0.4, -0.2) is 11.6 Å². The van der Waals surface area contributed by atoms with Crippen LogP contribution in [0.1, 0.15) is 11.3 Å². The maximum atomic E-state index is 5.45. The van der Waals surface area contributed by atoms with Crippen molar-refractivity contribution in [1.82, 2.24) is 4.98 Å². The minimum atomic E-state index is 0.637. The van der Waals surface area contributed by atoms with E-state index in [2.05, 4.69) is 11.6 Å². The molecule has 1 aliphatic rings. The van der Waals surface area contributed by atoms with Gasteiger partial charge in [0, 0.05) is 12.6 Å². The molecule has 0 aliphatic carbocycles. The molecular formula is C10H11NO. The van der Waals surface area contributed by atoms with Gasteiger partial charge in [0.1, 0.15) is 12.4 Å². The van der Waals surface area contributed by atoms with Crippen LogP contribution in [0.3, 0.4) is 0 Å². The number of aryl methyl sites for hydroxylation is 1. The van der Waals surface area contributed by atoms with Crippen molar-refractivity contribution in [3.63, 3.8) is 0 Å². The van der Waals surface area contributed by atoms with Gasteiger partial charge in [0.05, 0.1) is 5.69 Å². The topological polar surface area (TPSA) is 22.1 Å². The summed E-state index contributed by atoms with van der Waals surface area (Å²) in [5.41, 5.74) is 3.25.